The van der Waals surface area contributed by atoms with E-state index in [9.17, 15) is 4.79 Å². The first-order chi connectivity index (χ1) is 7.24. The highest BCUT2D eigenvalue weighted by atomic mass is 32.1. The quantitative estimate of drug-likeness (QED) is 0.778. The molecule has 1 N–H and O–H groups in total. The van der Waals surface area contributed by atoms with E-state index in [4.69, 9.17) is 5.11 Å². The average molecular weight is 223 g/mol. The molecule has 6 heteroatoms. The normalized spacial score (nSPS) is 10.5. The minimum Gasteiger partial charge on any atom is -0.388 e. The Morgan fingerprint density at radius 1 is 1.67 bits per heavy atom. The summed E-state index contributed by atoms with van der Waals surface area (Å²) >= 11 is 1.43. The molecule has 0 spiro atoms. The van der Waals surface area contributed by atoms with Crippen LogP contribution in [0.15, 0.2) is 17.8 Å². The van der Waals surface area contributed by atoms with Crippen LogP contribution in [0.3, 0.4) is 0 Å². The first kappa shape index (κ1) is 10.0. The van der Waals surface area contributed by atoms with E-state index < -0.39 is 6.61 Å². The van der Waals surface area contributed by atoms with Gasteiger partial charge < -0.3 is 5.11 Å². The average Bonchev–Trinajstić information content (AvgIpc) is 2.85. The van der Waals surface area contributed by atoms with Gasteiger partial charge in [0.05, 0.1) is 11.8 Å². The molecule has 0 radical (unpaired) electrons. The van der Waals surface area contributed by atoms with E-state index >= 15 is 0 Å². The van der Waals surface area contributed by atoms with E-state index in [0.717, 1.165) is 5.01 Å². The molecule has 15 heavy (non-hydrogen) atoms. The Bertz CT molecular complexity index is 476. The molecule has 0 amide bonds. The number of Topliss-reactive ketones (excluding diaryl/α,β-unsaturated/α-hetero) is 1. The van der Waals surface area contributed by atoms with Crippen molar-refractivity contribution in [2.75, 3.05) is 6.61 Å². The molecule has 0 aliphatic carbocycles. The summed E-state index contributed by atoms with van der Waals surface area (Å²) < 4.78 is 1.45. The van der Waals surface area contributed by atoms with Crippen molar-refractivity contribution in [1.29, 1.82) is 0 Å². The van der Waals surface area contributed by atoms with Gasteiger partial charge in [-0.1, -0.05) is 0 Å². The number of carbonyl (C=O) groups excluding carboxylic acids is 1. The fourth-order valence-corrected chi connectivity index (χ4v) is 2.00. The smallest absolute Gasteiger partial charge is 0.206 e. The van der Waals surface area contributed by atoms with Crippen LogP contribution in [-0.2, 0) is 7.05 Å². The number of aryl methyl sites for hydroxylation is 1. The van der Waals surface area contributed by atoms with Crippen molar-refractivity contribution >= 4 is 17.1 Å². The van der Waals surface area contributed by atoms with Gasteiger partial charge in [-0.25, -0.2) is 4.98 Å². The molecule has 5 nitrogen and oxygen atoms in total. The van der Waals surface area contributed by atoms with Gasteiger partial charge >= 0.3 is 0 Å². The van der Waals surface area contributed by atoms with Crippen LogP contribution in [0.25, 0.3) is 10.6 Å². The molecule has 78 valence electrons. The fourth-order valence-electron chi connectivity index (χ4n) is 1.36. The number of hydrogen-bond acceptors (Lipinski definition) is 5. The van der Waals surface area contributed by atoms with E-state index in [1.54, 1.807) is 19.4 Å². The van der Waals surface area contributed by atoms with Crippen LogP contribution in [0, 0.1) is 0 Å². The summed E-state index contributed by atoms with van der Waals surface area (Å²) in [6.07, 6.45) is 3.25. The summed E-state index contributed by atoms with van der Waals surface area (Å²) in [7, 11) is 1.67. The maximum atomic E-state index is 11.5. The third-order valence-electron chi connectivity index (χ3n) is 2.01. The van der Waals surface area contributed by atoms with Gasteiger partial charge in [-0.15, -0.1) is 11.3 Å². The number of ketones is 1. The lowest BCUT2D eigenvalue weighted by Crippen LogP contribution is -2.11. The van der Waals surface area contributed by atoms with E-state index in [1.807, 2.05) is 5.38 Å². The van der Waals surface area contributed by atoms with Crippen molar-refractivity contribution in [2.24, 2.45) is 7.05 Å². The molecule has 0 saturated carbocycles. The van der Waals surface area contributed by atoms with Crippen LogP contribution in [0.1, 0.15) is 10.5 Å². The van der Waals surface area contributed by atoms with Crippen molar-refractivity contribution < 1.29 is 9.90 Å². The van der Waals surface area contributed by atoms with E-state index in [2.05, 4.69) is 10.1 Å². The van der Waals surface area contributed by atoms with E-state index in [-0.39, 0.29) is 5.78 Å². The maximum absolute atomic E-state index is 11.5. The van der Waals surface area contributed by atoms with Crippen LogP contribution in [0.5, 0.6) is 0 Å². The molecule has 0 aliphatic rings. The predicted molar refractivity (Wildman–Crippen MR) is 55.7 cm³/mol. The third-order valence-corrected chi connectivity index (χ3v) is 2.82. The number of rotatable bonds is 3. The van der Waals surface area contributed by atoms with E-state index in [1.165, 1.54) is 16.0 Å². The zero-order valence-corrected chi connectivity index (χ0v) is 8.86. The maximum Gasteiger partial charge on any atom is 0.206 e. The Balaban J connectivity index is 2.54. The molecule has 0 aromatic carbocycles. The number of aliphatic hydroxyl groups is 1. The van der Waals surface area contributed by atoms with Gasteiger partial charge in [-0.2, -0.15) is 5.10 Å². The minimum atomic E-state index is -0.516. The van der Waals surface area contributed by atoms with Gasteiger partial charge in [0.15, 0.2) is 0 Å². The molecule has 2 heterocycles. The molecule has 0 fully saturated rings. The van der Waals surface area contributed by atoms with Crippen LogP contribution < -0.4 is 0 Å². The topological polar surface area (TPSA) is 68.0 Å². The lowest BCUT2D eigenvalue weighted by atomic mass is 10.2. The largest absolute Gasteiger partial charge is 0.388 e. The van der Waals surface area contributed by atoms with Gasteiger partial charge in [0.25, 0.3) is 0 Å². The molecule has 2 rings (SSSR count). The summed E-state index contributed by atoms with van der Waals surface area (Å²) in [5.41, 5.74) is 1.07. The second-order valence-corrected chi connectivity index (χ2v) is 3.84. The Morgan fingerprint density at radius 2 is 2.47 bits per heavy atom. The number of carbonyl (C=O) groups is 1. The predicted octanol–water partition coefficient (Wildman–Crippen LogP) is 0.719. The van der Waals surface area contributed by atoms with Crippen LogP contribution in [0.4, 0.5) is 0 Å². The summed E-state index contributed by atoms with van der Waals surface area (Å²) in [6.45, 7) is -0.516. The van der Waals surface area contributed by atoms with Crippen molar-refractivity contribution in [1.82, 2.24) is 14.8 Å². The zero-order chi connectivity index (χ0) is 10.8. The second-order valence-electron chi connectivity index (χ2n) is 2.95. The summed E-state index contributed by atoms with van der Waals surface area (Å²) in [5.74, 6) is -0.347. The van der Waals surface area contributed by atoms with Gasteiger partial charge in [-0.3, -0.25) is 9.48 Å². The standard InChI is InChI=1S/C9H9N3O2S/c1-12-8(7(14)5-13)6(4-11-12)9-10-2-3-15-9/h2-4,13H,5H2,1H3. The summed E-state index contributed by atoms with van der Waals surface area (Å²) in [5, 5.41) is 15.4. The van der Waals surface area contributed by atoms with Crippen molar-refractivity contribution in [2.45, 2.75) is 0 Å². The molecule has 0 bridgehead atoms. The molecule has 0 saturated heterocycles. The van der Waals surface area contributed by atoms with Crippen molar-refractivity contribution in [3.63, 3.8) is 0 Å². The van der Waals surface area contributed by atoms with Crippen molar-refractivity contribution in [3.05, 3.63) is 23.5 Å². The highest BCUT2D eigenvalue weighted by Crippen LogP contribution is 2.25. The molecule has 0 atom stereocenters. The number of nitrogens with zero attached hydrogens (tertiary/aromatic N) is 3. The van der Waals surface area contributed by atoms with Gasteiger partial charge in [0.1, 0.15) is 17.3 Å². The number of aliphatic hydroxyl groups excluding tert-OH is 1. The fraction of sp³-hybridized carbons (Fsp3) is 0.222. The first-order valence-corrected chi connectivity index (χ1v) is 5.18. The van der Waals surface area contributed by atoms with Crippen LogP contribution in [0.2, 0.25) is 0 Å². The second kappa shape index (κ2) is 3.92. The third kappa shape index (κ3) is 1.69. The van der Waals surface area contributed by atoms with Crippen LogP contribution >= 0.6 is 11.3 Å². The minimum absolute atomic E-state index is 0.347. The Hall–Kier alpha value is -1.53. The van der Waals surface area contributed by atoms with Gasteiger partial charge in [-0.05, 0) is 0 Å². The number of aromatic nitrogens is 3. The van der Waals surface area contributed by atoms with Gasteiger partial charge in [0.2, 0.25) is 5.78 Å². The number of hydrogen-bond donors (Lipinski definition) is 1. The van der Waals surface area contributed by atoms with Crippen LogP contribution in [-0.4, -0.2) is 32.3 Å². The molecular formula is C9H9N3O2S. The Labute approximate surface area is 90.0 Å². The van der Waals surface area contributed by atoms with Crippen molar-refractivity contribution in [3.8, 4) is 10.6 Å². The summed E-state index contributed by atoms with van der Waals surface area (Å²) in [4.78, 5) is 15.6. The monoisotopic (exact) mass is 223 g/mol. The molecular weight excluding hydrogens is 214 g/mol. The van der Waals surface area contributed by atoms with E-state index in [0.29, 0.717) is 11.3 Å². The van der Waals surface area contributed by atoms with Gasteiger partial charge in [0, 0.05) is 18.6 Å². The zero-order valence-electron chi connectivity index (χ0n) is 8.04. The Kier molecular flexibility index (Phi) is 2.61. The lowest BCUT2D eigenvalue weighted by Gasteiger charge is -2.00. The first-order valence-electron chi connectivity index (χ1n) is 4.30. The molecule has 0 aliphatic heterocycles. The lowest BCUT2D eigenvalue weighted by molar-refractivity contribution is 0.0895. The highest BCUT2D eigenvalue weighted by Gasteiger charge is 2.18. The Morgan fingerprint density at radius 3 is 3.07 bits per heavy atom. The molecule has 0 unspecified atom stereocenters. The number of thiazole rings is 1. The summed E-state index contributed by atoms with van der Waals surface area (Å²) in [6, 6.07) is 0. The molecule has 2 aromatic heterocycles. The molecule has 2 aromatic rings. The highest BCUT2D eigenvalue weighted by molar-refractivity contribution is 7.13. The SMILES string of the molecule is Cn1ncc(-c2nccs2)c1C(=O)CO.